The first-order valence-electron chi connectivity index (χ1n) is 4.49. The average molecular weight is 231 g/mol. The van der Waals surface area contributed by atoms with Crippen molar-refractivity contribution in [3.05, 3.63) is 34.6 Å². The molecule has 0 saturated heterocycles. The molecular weight excluding hydrogens is 219 g/mol. The SMILES string of the molecule is CC(NC(=O)CN)c1ccc(F)cc1Cl. The second-order valence-corrected chi connectivity index (χ2v) is 3.57. The maximum Gasteiger partial charge on any atom is 0.234 e. The van der Waals surface area contributed by atoms with Gasteiger partial charge in [-0.15, -0.1) is 0 Å². The Morgan fingerprint density at radius 1 is 1.67 bits per heavy atom. The van der Waals surface area contributed by atoms with Gasteiger partial charge in [-0.25, -0.2) is 4.39 Å². The molecule has 0 fully saturated rings. The van der Waals surface area contributed by atoms with E-state index in [9.17, 15) is 9.18 Å². The highest BCUT2D eigenvalue weighted by molar-refractivity contribution is 6.31. The van der Waals surface area contributed by atoms with Crippen LogP contribution >= 0.6 is 11.6 Å². The summed E-state index contributed by atoms with van der Waals surface area (Å²) in [6, 6.07) is 3.77. The third-order valence-electron chi connectivity index (χ3n) is 1.99. The van der Waals surface area contributed by atoms with Crippen molar-refractivity contribution in [3.8, 4) is 0 Å². The zero-order valence-corrected chi connectivity index (χ0v) is 9.01. The molecule has 82 valence electrons. The van der Waals surface area contributed by atoms with E-state index >= 15 is 0 Å². The van der Waals surface area contributed by atoms with E-state index in [0.717, 1.165) is 0 Å². The summed E-state index contributed by atoms with van der Waals surface area (Å²) >= 11 is 5.83. The second-order valence-electron chi connectivity index (χ2n) is 3.16. The summed E-state index contributed by atoms with van der Waals surface area (Å²) in [6.45, 7) is 1.68. The first-order chi connectivity index (χ1) is 7.04. The Kier molecular flexibility index (Phi) is 4.05. The second kappa shape index (κ2) is 5.09. The van der Waals surface area contributed by atoms with E-state index in [-0.39, 0.29) is 18.5 Å². The van der Waals surface area contributed by atoms with Crippen LogP contribution in [0.15, 0.2) is 18.2 Å². The number of benzene rings is 1. The first kappa shape index (κ1) is 11.9. The van der Waals surface area contributed by atoms with Crippen LogP contribution in [-0.2, 0) is 4.79 Å². The van der Waals surface area contributed by atoms with Gasteiger partial charge in [0.1, 0.15) is 5.82 Å². The Hall–Kier alpha value is -1.13. The molecule has 1 unspecified atom stereocenters. The molecule has 3 N–H and O–H groups in total. The van der Waals surface area contributed by atoms with E-state index in [1.807, 2.05) is 0 Å². The molecule has 0 aliphatic carbocycles. The molecule has 1 aromatic carbocycles. The van der Waals surface area contributed by atoms with Gasteiger partial charge in [0.25, 0.3) is 0 Å². The zero-order valence-electron chi connectivity index (χ0n) is 8.26. The fourth-order valence-electron chi connectivity index (χ4n) is 1.23. The van der Waals surface area contributed by atoms with Crippen molar-refractivity contribution in [2.75, 3.05) is 6.54 Å². The van der Waals surface area contributed by atoms with E-state index < -0.39 is 5.82 Å². The molecule has 0 saturated carbocycles. The van der Waals surface area contributed by atoms with Gasteiger partial charge in [-0.05, 0) is 24.6 Å². The number of rotatable bonds is 3. The van der Waals surface area contributed by atoms with Crippen LogP contribution in [0.2, 0.25) is 5.02 Å². The lowest BCUT2D eigenvalue weighted by molar-refractivity contribution is -0.120. The molecule has 0 heterocycles. The summed E-state index contributed by atoms with van der Waals surface area (Å²) in [4.78, 5) is 11.0. The highest BCUT2D eigenvalue weighted by atomic mass is 35.5. The van der Waals surface area contributed by atoms with Gasteiger partial charge in [-0.1, -0.05) is 17.7 Å². The highest BCUT2D eigenvalue weighted by Crippen LogP contribution is 2.23. The van der Waals surface area contributed by atoms with Crippen LogP contribution in [-0.4, -0.2) is 12.5 Å². The standard InChI is InChI=1S/C10H12ClFN2O/c1-6(14-10(15)5-13)8-3-2-7(12)4-9(8)11/h2-4,6H,5,13H2,1H3,(H,14,15). The van der Waals surface area contributed by atoms with Crippen LogP contribution in [0.4, 0.5) is 4.39 Å². The van der Waals surface area contributed by atoms with Crippen LogP contribution in [0.3, 0.4) is 0 Å². The molecule has 0 radical (unpaired) electrons. The van der Waals surface area contributed by atoms with E-state index in [4.69, 9.17) is 17.3 Å². The molecule has 0 aliphatic heterocycles. The molecule has 0 aliphatic rings. The minimum atomic E-state index is -0.402. The number of nitrogens with two attached hydrogens (primary N) is 1. The molecule has 5 heteroatoms. The summed E-state index contributed by atoms with van der Waals surface area (Å²) in [6.07, 6.45) is 0. The predicted molar refractivity (Wildman–Crippen MR) is 57.0 cm³/mol. The lowest BCUT2D eigenvalue weighted by Crippen LogP contribution is -2.32. The molecular formula is C10H12ClFN2O. The van der Waals surface area contributed by atoms with Crippen LogP contribution in [0.1, 0.15) is 18.5 Å². The summed E-state index contributed by atoms with van der Waals surface area (Å²) in [5.74, 6) is -0.677. The molecule has 15 heavy (non-hydrogen) atoms. The van der Waals surface area contributed by atoms with Gasteiger partial charge in [0.2, 0.25) is 5.91 Å². The predicted octanol–water partition coefficient (Wildman–Crippen LogP) is 1.61. The van der Waals surface area contributed by atoms with Crippen molar-refractivity contribution in [2.24, 2.45) is 5.73 Å². The van der Waals surface area contributed by atoms with Gasteiger partial charge < -0.3 is 11.1 Å². The molecule has 0 spiro atoms. The van der Waals surface area contributed by atoms with E-state index in [2.05, 4.69) is 5.32 Å². The molecule has 3 nitrogen and oxygen atoms in total. The summed E-state index contributed by atoms with van der Waals surface area (Å²) in [5.41, 5.74) is 5.82. The van der Waals surface area contributed by atoms with Gasteiger partial charge in [0.15, 0.2) is 0 Å². The topological polar surface area (TPSA) is 55.1 Å². The number of carbonyl (C=O) groups excluding carboxylic acids is 1. The average Bonchev–Trinajstić information content (AvgIpc) is 2.17. The summed E-state index contributed by atoms with van der Waals surface area (Å²) < 4.78 is 12.7. The van der Waals surface area contributed by atoms with Gasteiger partial charge in [-0.3, -0.25) is 4.79 Å². The number of amides is 1. The number of hydrogen-bond donors (Lipinski definition) is 2. The monoisotopic (exact) mass is 230 g/mol. The van der Waals surface area contributed by atoms with Crippen molar-refractivity contribution >= 4 is 17.5 Å². The Morgan fingerprint density at radius 3 is 2.87 bits per heavy atom. The molecule has 1 amide bonds. The van der Waals surface area contributed by atoms with Gasteiger partial charge >= 0.3 is 0 Å². The summed E-state index contributed by atoms with van der Waals surface area (Å²) in [7, 11) is 0. The lowest BCUT2D eigenvalue weighted by Gasteiger charge is -2.15. The Bertz CT molecular complexity index is 370. The fraction of sp³-hybridized carbons (Fsp3) is 0.300. The highest BCUT2D eigenvalue weighted by Gasteiger charge is 2.11. The maximum absolute atomic E-state index is 12.7. The van der Waals surface area contributed by atoms with Crippen LogP contribution < -0.4 is 11.1 Å². The summed E-state index contributed by atoms with van der Waals surface area (Å²) in [5, 5.41) is 2.93. The van der Waals surface area contributed by atoms with Crippen LogP contribution in [0.25, 0.3) is 0 Å². The largest absolute Gasteiger partial charge is 0.348 e. The van der Waals surface area contributed by atoms with Gasteiger partial charge in [-0.2, -0.15) is 0 Å². The van der Waals surface area contributed by atoms with Crippen molar-refractivity contribution in [1.82, 2.24) is 5.32 Å². The zero-order chi connectivity index (χ0) is 11.4. The molecule has 0 bridgehead atoms. The van der Waals surface area contributed by atoms with Crippen molar-refractivity contribution < 1.29 is 9.18 Å². The minimum absolute atomic E-state index is 0.0802. The quantitative estimate of drug-likeness (QED) is 0.829. The number of halogens is 2. The van der Waals surface area contributed by atoms with E-state index in [0.29, 0.717) is 10.6 Å². The first-order valence-corrected chi connectivity index (χ1v) is 4.86. The Balaban J connectivity index is 2.82. The smallest absolute Gasteiger partial charge is 0.234 e. The number of carbonyl (C=O) groups is 1. The third-order valence-corrected chi connectivity index (χ3v) is 2.32. The van der Waals surface area contributed by atoms with Crippen LogP contribution in [0.5, 0.6) is 0 Å². The molecule has 0 aromatic heterocycles. The Labute approximate surface area is 92.4 Å². The maximum atomic E-state index is 12.7. The lowest BCUT2D eigenvalue weighted by atomic mass is 10.1. The van der Waals surface area contributed by atoms with E-state index in [1.165, 1.54) is 12.1 Å². The number of nitrogens with one attached hydrogen (secondary N) is 1. The normalized spacial score (nSPS) is 12.3. The molecule has 1 aromatic rings. The Morgan fingerprint density at radius 2 is 2.33 bits per heavy atom. The van der Waals surface area contributed by atoms with E-state index in [1.54, 1.807) is 13.0 Å². The third kappa shape index (κ3) is 3.18. The minimum Gasteiger partial charge on any atom is -0.348 e. The van der Waals surface area contributed by atoms with Crippen molar-refractivity contribution in [3.63, 3.8) is 0 Å². The number of hydrogen-bond acceptors (Lipinski definition) is 2. The van der Waals surface area contributed by atoms with Gasteiger partial charge in [0.05, 0.1) is 12.6 Å². The van der Waals surface area contributed by atoms with Crippen LogP contribution in [0, 0.1) is 5.82 Å². The van der Waals surface area contributed by atoms with Crippen molar-refractivity contribution in [1.29, 1.82) is 0 Å². The fourth-order valence-corrected chi connectivity index (χ4v) is 1.56. The molecule has 1 atom stereocenters. The van der Waals surface area contributed by atoms with Crippen molar-refractivity contribution in [2.45, 2.75) is 13.0 Å². The molecule has 1 rings (SSSR count). The van der Waals surface area contributed by atoms with Gasteiger partial charge in [0, 0.05) is 5.02 Å².